The third-order valence-corrected chi connectivity index (χ3v) is 1.86. The summed E-state index contributed by atoms with van der Waals surface area (Å²) >= 11 is 0. The van der Waals surface area contributed by atoms with Crippen molar-refractivity contribution in [1.82, 2.24) is 0 Å². The average molecular weight is 216 g/mol. The molecule has 0 aromatic carbocycles. The third-order valence-electron chi connectivity index (χ3n) is 1.86. The molecule has 4 heteroatoms. The molecule has 0 amide bonds. The molecule has 0 fully saturated rings. The summed E-state index contributed by atoms with van der Waals surface area (Å²) in [6, 6.07) is 0. The number of rotatable bonds is 5. The lowest BCUT2D eigenvalue weighted by molar-refractivity contribution is -0.385. The lowest BCUT2D eigenvalue weighted by Crippen LogP contribution is -2.49. The second-order valence-electron chi connectivity index (χ2n) is 4.31. The highest BCUT2D eigenvalue weighted by Gasteiger charge is 2.45. The molecule has 88 valence electrons. The molecular formula is C11H20O4. The zero-order chi connectivity index (χ0) is 12.1. The van der Waals surface area contributed by atoms with Crippen molar-refractivity contribution in [3.63, 3.8) is 0 Å². The van der Waals surface area contributed by atoms with Crippen LogP contribution in [0.2, 0.25) is 0 Å². The first-order valence-electron chi connectivity index (χ1n) is 4.98. The molecule has 0 aromatic heterocycles. The van der Waals surface area contributed by atoms with E-state index in [1.807, 2.05) is 6.92 Å². The number of aliphatic hydroxyl groups is 1. The molecule has 0 saturated heterocycles. The van der Waals surface area contributed by atoms with E-state index in [9.17, 15) is 9.90 Å². The molecule has 0 heterocycles. The second-order valence-corrected chi connectivity index (χ2v) is 4.31. The minimum absolute atomic E-state index is 0.318. The zero-order valence-corrected chi connectivity index (χ0v) is 9.87. The van der Waals surface area contributed by atoms with Gasteiger partial charge in [-0.2, -0.15) is 0 Å². The standard InChI is InChI=1S/C11H20O4/c1-6-8-14-11(13,10(3,4)5)15-9(12)7-2/h7,13H,2,6,8H2,1,3-5H3. The summed E-state index contributed by atoms with van der Waals surface area (Å²) in [7, 11) is 0. The number of hydrogen-bond acceptors (Lipinski definition) is 4. The summed E-state index contributed by atoms with van der Waals surface area (Å²) in [5, 5.41) is 10.1. The first-order chi connectivity index (χ1) is 6.77. The fraction of sp³-hybridized carbons (Fsp3) is 0.727. The Morgan fingerprint density at radius 2 is 2.00 bits per heavy atom. The van der Waals surface area contributed by atoms with E-state index >= 15 is 0 Å². The van der Waals surface area contributed by atoms with Gasteiger partial charge in [-0.05, 0) is 6.42 Å². The molecule has 4 nitrogen and oxygen atoms in total. The molecule has 1 N–H and O–H groups in total. The van der Waals surface area contributed by atoms with Gasteiger partial charge < -0.3 is 14.6 Å². The normalized spacial score (nSPS) is 15.5. The van der Waals surface area contributed by atoms with Gasteiger partial charge in [0.25, 0.3) is 0 Å². The zero-order valence-electron chi connectivity index (χ0n) is 9.87. The molecule has 0 saturated carbocycles. The number of hydrogen-bond donors (Lipinski definition) is 1. The van der Waals surface area contributed by atoms with Gasteiger partial charge in [0, 0.05) is 6.08 Å². The van der Waals surface area contributed by atoms with Crippen LogP contribution in [0.5, 0.6) is 0 Å². The molecule has 0 aliphatic heterocycles. The van der Waals surface area contributed by atoms with Crippen molar-refractivity contribution in [1.29, 1.82) is 0 Å². The van der Waals surface area contributed by atoms with Gasteiger partial charge in [-0.15, -0.1) is 0 Å². The Morgan fingerprint density at radius 1 is 1.47 bits per heavy atom. The largest absolute Gasteiger partial charge is 0.404 e. The van der Waals surface area contributed by atoms with Crippen molar-refractivity contribution in [2.75, 3.05) is 6.61 Å². The molecule has 0 aliphatic rings. The van der Waals surface area contributed by atoms with Crippen LogP contribution < -0.4 is 0 Å². The molecule has 0 aliphatic carbocycles. The van der Waals surface area contributed by atoms with E-state index in [2.05, 4.69) is 6.58 Å². The summed E-state index contributed by atoms with van der Waals surface area (Å²) in [6.45, 7) is 10.6. The fourth-order valence-electron chi connectivity index (χ4n) is 0.817. The van der Waals surface area contributed by atoms with E-state index < -0.39 is 17.4 Å². The van der Waals surface area contributed by atoms with Crippen molar-refractivity contribution in [3.05, 3.63) is 12.7 Å². The molecule has 0 bridgehead atoms. The van der Waals surface area contributed by atoms with Crippen LogP contribution >= 0.6 is 0 Å². The monoisotopic (exact) mass is 216 g/mol. The van der Waals surface area contributed by atoms with Gasteiger partial charge in [-0.1, -0.05) is 34.3 Å². The lowest BCUT2D eigenvalue weighted by Gasteiger charge is -2.37. The second kappa shape index (κ2) is 5.28. The van der Waals surface area contributed by atoms with Gasteiger partial charge in [0.1, 0.15) is 0 Å². The number of ether oxygens (including phenoxy) is 2. The van der Waals surface area contributed by atoms with Crippen molar-refractivity contribution >= 4 is 5.97 Å². The lowest BCUT2D eigenvalue weighted by atomic mass is 9.93. The van der Waals surface area contributed by atoms with Gasteiger partial charge in [0.2, 0.25) is 0 Å². The molecule has 0 radical (unpaired) electrons. The predicted octanol–water partition coefficient (Wildman–Crippen LogP) is 1.83. The van der Waals surface area contributed by atoms with Crippen LogP contribution in [0, 0.1) is 5.41 Å². The van der Waals surface area contributed by atoms with Crippen molar-refractivity contribution < 1.29 is 19.4 Å². The molecule has 0 rings (SSSR count). The quantitative estimate of drug-likeness (QED) is 0.433. The summed E-state index contributed by atoms with van der Waals surface area (Å²) in [5.74, 6) is -2.61. The number of esters is 1. The highest BCUT2D eigenvalue weighted by Crippen LogP contribution is 2.32. The summed E-state index contributed by atoms with van der Waals surface area (Å²) in [4.78, 5) is 11.1. The molecule has 1 unspecified atom stereocenters. The topological polar surface area (TPSA) is 55.8 Å². The molecule has 1 atom stereocenters. The van der Waals surface area contributed by atoms with Gasteiger partial charge in [-0.3, -0.25) is 0 Å². The average Bonchev–Trinajstić information content (AvgIpc) is 2.12. The van der Waals surface area contributed by atoms with Crippen LogP contribution in [-0.2, 0) is 14.3 Å². The van der Waals surface area contributed by atoms with E-state index in [0.717, 1.165) is 12.5 Å². The van der Waals surface area contributed by atoms with Crippen LogP contribution in [0.1, 0.15) is 34.1 Å². The van der Waals surface area contributed by atoms with Crippen LogP contribution in [0.4, 0.5) is 0 Å². The summed E-state index contributed by atoms with van der Waals surface area (Å²) < 4.78 is 10.0. The van der Waals surface area contributed by atoms with Crippen LogP contribution in [0.15, 0.2) is 12.7 Å². The van der Waals surface area contributed by atoms with Crippen molar-refractivity contribution in [2.24, 2.45) is 5.41 Å². The highest BCUT2D eigenvalue weighted by molar-refractivity contribution is 5.81. The Morgan fingerprint density at radius 3 is 2.33 bits per heavy atom. The van der Waals surface area contributed by atoms with Gasteiger partial charge in [-0.25, -0.2) is 4.79 Å². The Labute approximate surface area is 90.9 Å². The Balaban J connectivity index is 4.69. The van der Waals surface area contributed by atoms with Crippen molar-refractivity contribution in [3.8, 4) is 0 Å². The van der Waals surface area contributed by atoms with E-state index in [4.69, 9.17) is 9.47 Å². The molecule has 15 heavy (non-hydrogen) atoms. The minimum Gasteiger partial charge on any atom is -0.404 e. The molecule has 0 spiro atoms. The highest BCUT2D eigenvalue weighted by atomic mass is 16.8. The van der Waals surface area contributed by atoms with E-state index in [1.54, 1.807) is 20.8 Å². The SMILES string of the molecule is C=CC(=O)OC(O)(OCCC)C(C)(C)C. The maximum Gasteiger partial charge on any atom is 0.334 e. The van der Waals surface area contributed by atoms with Gasteiger partial charge in [0.05, 0.1) is 12.0 Å². The van der Waals surface area contributed by atoms with Gasteiger partial charge >= 0.3 is 11.9 Å². The van der Waals surface area contributed by atoms with Crippen LogP contribution in [-0.4, -0.2) is 23.7 Å². The van der Waals surface area contributed by atoms with Crippen molar-refractivity contribution in [2.45, 2.75) is 40.1 Å². The predicted molar refractivity (Wildman–Crippen MR) is 56.9 cm³/mol. The van der Waals surface area contributed by atoms with Crippen LogP contribution in [0.25, 0.3) is 0 Å². The number of carbonyl (C=O) groups is 1. The minimum atomic E-state index is -1.91. The molecule has 0 aromatic rings. The third kappa shape index (κ3) is 4.01. The maximum atomic E-state index is 11.1. The first kappa shape index (κ1) is 14.1. The Hall–Kier alpha value is -0.870. The summed E-state index contributed by atoms with van der Waals surface area (Å²) in [5.41, 5.74) is -0.721. The number of carbonyl (C=O) groups excluding carboxylic acids is 1. The summed E-state index contributed by atoms with van der Waals surface area (Å²) in [6.07, 6.45) is 1.72. The fourth-order valence-corrected chi connectivity index (χ4v) is 0.817. The first-order valence-corrected chi connectivity index (χ1v) is 4.98. The molecular weight excluding hydrogens is 196 g/mol. The smallest absolute Gasteiger partial charge is 0.334 e. The van der Waals surface area contributed by atoms with E-state index in [-0.39, 0.29) is 0 Å². The Kier molecular flexibility index (Phi) is 4.97. The van der Waals surface area contributed by atoms with Gasteiger partial charge in [0.15, 0.2) is 0 Å². The van der Waals surface area contributed by atoms with E-state index in [1.165, 1.54) is 0 Å². The Bertz CT molecular complexity index is 229. The maximum absolute atomic E-state index is 11.1. The van der Waals surface area contributed by atoms with Crippen LogP contribution in [0.3, 0.4) is 0 Å². The van der Waals surface area contributed by atoms with E-state index in [0.29, 0.717) is 6.61 Å².